The van der Waals surface area contributed by atoms with E-state index in [9.17, 15) is 0 Å². The Balaban J connectivity index is 2.03. The number of aromatic nitrogens is 2. The van der Waals surface area contributed by atoms with Crippen LogP contribution in [-0.4, -0.2) is 29.6 Å². The first-order valence-electron chi connectivity index (χ1n) is 7.48. The van der Waals surface area contributed by atoms with Crippen molar-refractivity contribution in [2.75, 3.05) is 30.3 Å². The highest BCUT2D eigenvalue weighted by molar-refractivity contribution is 6.31. The molecular weight excluding hydrogens is 298 g/mol. The Labute approximate surface area is 135 Å². The molecule has 0 amide bonds. The fraction of sp³-hybridized carbons (Fsp3) is 0.375. The molecule has 1 aromatic carbocycles. The lowest BCUT2D eigenvalue weighted by Crippen LogP contribution is -2.33. The third-order valence-electron chi connectivity index (χ3n) is 3.88. The number of aryl methyl sites for hydroxylation is 1. The molecular formula is C16H20ClN5. The van der Waals surface area contributed by atoms with E-state index in [1.807, 2.05) is 31.2 Å². The molecule has 116 valence electrons. The van der Waals surface area contributed by atoms with E-state index in [0.717, 1.165) is 48.2 Å². The van der Waals surface area contributed by atoms with Gasteiger partial charge >= 0.3 is 0 Å². The summed E-state index contributed by atoms with van der Waals surface area (Å²) in [6, 6.07) is 10.1. The molecule has 2 aromatic rings. The van der Waals surface area contributed by atoms with Crippen molar-refractivity contribution < 1.29 is 0 Å². The van der Waals surface area contributed by atoms with Gasteiger partial charge in [-0.2, -0.15) is 4.98 Å². The minimum atomic E-state index is 0.130. The third-order valence-corrected chi connectivity index (χ3v) is 4.23. The van der Waals surface area contributed by atoms with E-state index in [4.69, 9.17) is 17.3 Å². The highest BCUT2D eigenvalue weighted by atomic mass is 35.5. The van der Waals surface area contributed by atoms with Crippen LogP contribution in [0.25, 0.3) is 0 Å². The number of halogens is 1. The molecule has 0 bridgehead atoms. The molecule has 3 N–H and O–H groups in total. The minimum Gasteiger partial charge on any atom is -0.368 e. The van der Waals surface area contributed by atoms with Gasteiger partial charge in [0.2, 0.25) is 5.95 Å². The molecule has 2 heterocycles. The van der Waals surface area contributed by atoms with Crippen LogP contribution in [0.5, 0.6) is 0 Å². The van der Waals surface area contributed by atoms with Crippen molar-refractivity contribution in [3.05, 3.63) is 46.6 Å². The molecule has 0 radical (unpaired) electrons. The maximum Gasteiger partial charge on any atom is 0.222 e. The first kappa shape index (κ1) is 15.1. The molecule has 22 heavy (non-hydrogen) atoms. The molecule has 6 heteroatoms. The molecule has 1 aromatic heterocycles. The van der Waals surface area contributed by atoms with Gasteiger partial charge in [0.1, 0.15) is 5.82 Å². The summed E-state index contributed by atoms with van der Waals surface area (Å²) in [7, 11) is 0. The zero-order valence-corrected chi connectivity index (χ0v) is 13.3. The molecule has 1 aliphatic rings. The predicted molar refractivity (Wildman–Crippen MR) is 90.2 cm³/mol. The second-order valence-corrected chi connectivity index (χ2v) is 5.92. The molecule has 1 aliphatic heterocycles. The number of hydrogen-bond donors (Lipinski definition) is 2. The first-order valence-corrected chi connectivity index (χ1v) is 7.86. The normalized spacial score (nSPS) is 19.0. The molecule has 1 fully saturated rings. The monoisotopic (exact) mass is 317 g/mol. The molecule has 3 rings (SSSR count). The van der Waals surface area contributed by atoms with Gasteiger partial charge in [-0.05, 0) is 31.5 Å². The van der Waals surface area contributed by atoms with Crippen molar-refractivity contribution in [3.63, 3.8) is 0 Å². The number of hydrogen-bond acceptors (Lipinski definition) is 5. The van der Waals surface area contributed by atoms with Gasteiger partial charge < -0.3 is 16.0 Å². The summed E-state index contributed by atoms with van der Waals surface area (Å²) >= 11 is 6.41. The van der Waals surface area contributed by atoms with Gasteiger partial charge in [0.25, 0.3) is 0 Å². The summed E-state index contributed by atoms with van der Waals surface area (Å²) in [5.74, 6) is 1.17. The molecule has 0 spiro atoms. The van der Waals surface area contributed by atoms with Crippen LogP contribution in [0, 0.1) is 6.92 Å². The first-order chi connectivity index (χ1) is 10.6. The topological polar surface area (TPSA) is 67.1 Å². The fourth-order valence-corrected chi connectivity index (χ4v) is 3.16. The summed E-state index contributed by atoms with van der Waals surface area (Å²) in [5.41, 5.74) is 7.81. The predicted octanol–water partition coefficient (Wildman–Crippen LogP) is 2.56. The lowest BCUT2D eigenvalue weighted by atomic mass is 10.1. The Morgan fingerprint density at radius 3 is 2.91 bits per heavy atom. The van der Waals surface area contributed by atoms with Crippen LogP contribution in [0.3, 0.4) is 0 Å². The Kier molecular flexibility index (Phi) is 4.45. The molecule has 5 nitrogen and oxygen atoms in total. The number of rotatable bonds is 2. The number of nitrogen functional groups attached to an aromatic ring is 1. The number of anilines is 2. The number of nitrogens with two attached hydrogens (primary N) is 1. The van der Waals surface area contributed by atoms with Gasteiger partial charge in [-0.1, -0.05) is 29.8 Å². The maximum absolute atomic E-state index is 6.41. The van der Waals surface area contributed by atoms with Crippen LogP contribution < -0.4 is 16.0 Å². The largest absolute Gasteiger partial charge is 0.368 e. The second-order valence-electron chi connectivity index (χ2n) is 5.51. The molecule has 0 aliphatic carbocycles. The number of benzene rings is 1. The average Bonchev–Trinajstić information content (AvgIpc) is 2.72. The Morgan fingerprint density at radius 2 is 2.14 bits per heavy atom. The summed E-state index contributed by atoms with van der Waals surface area (Å²) in [4.78, 5) is 10.9. The van der Waals surface area contributed by atoms with Gasteiger partial charge in [0.15, 0.2) is 0 Å². The Morgan fingerprint density at radius 1 is 1.32 bits per heavy atom. The van der Waals surface area contributed by atoms with Crippen LogP contribution in [-0.2, 0) is 0 Å². The lowest BCUT2D eigenvalue weighted by Gasteiger charge is -2.32. The third kappa shape index (κ3) is 3.15. The number of nitrogens with one attached hydrogen (secondary N) is 1. The van der Waals surface area contributed by atoms with E-state index >= 15 is 0 Å². The van der Waals surface area contributed by atoms with E-state index < -0.39 is 0 Å². The van der Waals surface area contributed by atoms with Crippen molar-refractivity contribution in [1.82, 2.24) is 15.3 Å². The SMILES string of the molecule is Cc1cc(N2CCCNC[C@H]2c2ccccc2Cl)nc(N)n1. The van der Waals surface area contributed by atoms with Gasteiger partial charge in [-0.3, -0.25) is 0 Å². The standard InChI is InChI=1S/C16H20ClN5/c1-11-9-15(21-16(18)20-11)22-8-4-7-19-10-14(22)12-5-2-3-6-13(12)17/h2-3,5-6,9,14,19H,4,7-8,10H2,1H3,(H2,18,20,21)/t14-/m0/s1. The molecule has 1 saturated heterocycles. The fourth-order valence-electron chi connectivity index (χ4n) is 2.90. The zero-order chi connectivity index (χ0) is 15.5. The maximum atomic E-state index is 6.41. The van der Waals surface area contributed by atoms with Crippen LogP contribution in [0.1, 0.15) is 23.7 Å². The Bertz CT molecular complexity index is 640. The van der Waals surface area contributed by atoms with Crippen molar-refractivity contribution in [3.8, 4) is 0 Å². The average molecular weight is 318 g/mol. The van der Waals surface area contributed by atoms with Crippen molar-refractivity contribution >= 4 is 23.4 Å². The summed E-state index contributed by atoms with van der Waals surface area (Å²) in [6.07, 6.45) is 1.05. The van der Waals surface area contributed by atoms with E-state index in [0.29, 0.717) is 5.95 Å². The van der Waals surface area contributed by atoms with Gasteiger partial charge in [-0.25, -0.2) is 4.98 Å². The van der Waals surface area contributed by atoms with Crippen LogP contribution in [0.4, 0.5) is 11.8 Å². The van der Waals surface area contributed by atoms with Gasteiger partial charge in [0.05, 0.1) is 6.04 Å². The quantitative estimate of drug-likeness (QED) is 0.891. The van der Waals surface area contributed by atoms with E-state index in [-0.39, 0.29) is 6.04 Å². The summed E-state index contributed by atoms with van der Waals surface area (Å²) < 4.78 is 0. The van der Waals surface area contributed by atoms with Crippen LogP contribution >= 0.6 is 11.6 Å². The number of nitrogens with zero attached hydrogens (tertiary/aromatic N) is 3. The minimum absolute atomic E-state index is 0.130. The van der Waals surface area contributed by atoms with E-state index in [2.05, 4.69) is 26.3 Å². The lowest BCUT2D eigenvalue weighted by molar-refractivity contribution is 0.612. The van der Waals surface area contributed by atoms with Crippen molar-refractivity contribution in [1.29, 1.82) is 0 Å². The zero-order valence-electron chi connectivity index (χ0n) is 12.6. The van der Waals surface area contributed by atoms with Crippen LogP contribution in [0.2, 0.25) is 5.02 Å². The van der Waals surface area contributed by atoms with Gasteiger partial charge in [-0.15, -0.1) is 0 Å². The smallest absolute Gasteiger partial charge is 0.222 e. The highest BCUT2D eigenvalue weighted by Crippen LogP contribution is 2.31. The van der Waals surface area contributed by atoms with Gasteiger partial charge in [0, 0.05) is 29.9 Å². The van der Waals surface area contributed by atoms with E-state index in [1.165, 1.54) is 0 Å². The van der Waals surface area contributed by atoms with Crippen molar-refractivity contribution in [2.24, 2.45) is 0 Å². The van der Waals surface area contributed by atoms with Crippen molar-refractivity contribution in [2.45, 2.75) is 19.4 Å². The molecule has 1 atom stereocenters. The summed E-state index contributed by atoms with van der Waals surface area (Å²) in [6.45, 7) is 4.64. The molecule has 0 unspecified atom stereocenters. The van der Waals surface area contributed by atoms with Crippen LogP contribution in [0.15, 0.2) is 30.3 Å². The second kappa shape index (κ2) is 6.50. The Hall–Kier alpha value is -1.85. The molecule has 0 saturated carbocycles. The van der Waals surface area contributed by atoms with E-state index in [1.54, 1.807) is 0 Å². The highest BCUT2D eigenvalue weighted by Gasteiger charge is 2.25. The summed E-state index contributed by atoms with van der Waals surface area (Å²) in [5, 5.41) is 4.25.